The van der Waals surface area contributed by atoms with Gasteiger partial charge in [-0.3, -0.25) is 0 Å². The topological polar surface area (TPSA) is 97.4 Å². The molecule has 11 heteroatoms. The van der Waals surface area contributed by atoms with Crippen LogP contribution in [0.2, 0.25) is 0 Å². The lowest BCUT2D eigenvalue weighted by Crippen LogP contribution is -2.51. The van der Waals surface area contributed by atoms with Gasteiger partial charge in [0.05, 0.1) is 69.0 Å². The third-order valence-corrected chi connectivity index (χ3v) is 10.3. The van der Waals surface area contributed by atoms with Crippen molar-refractivity contribution in [1.82, 2.24) is 9.80 Å². The summed E-state index contributed by atoms with van der Waals surface area (Å²) in [5.41, 5.74) is 6.29. The Kier molecular flexibility index (Phi) is 11.1. The number of fused-ring (bicyclic) bond motifs is 2. The first-order valence-corrected chi connectivity index (χ1v) is 17.3. The van der Waals surface area contributed by atoms with Crippen LogP contribution in [0.25, 0.3) is 0 Å². The first-order valence-electron chi connectivity index (χ1n) is 17.3. The lowest BCUT2D eigenvalue weighted by Gasteiger charge is -2.45. The highest BCUT2D eigenvalue weighted by Gasteiger charge is 2.39. The van der Waals surface area contributed by atoms with Gasteiger partial charge < -0.3 is 47.7 Å². The maximum Gasteiger partial charge on any atom is 0.321 e. The van der Waals surface area contributed by atoms with Gasteiger partial charge in [0.25, 0.3) is 0 Å². The summed E-state index contributed by atoms with van der Waals surface area (Å²) in [6.45, 7) is 1.05. The summed E-state index contributed by atoms with van der Waals surface area (Å²) < 4.78 is 45.2. The van der Waals surface area contributed by atoms with Gasteiger partial charge in [-0.25, -0.2) is 4.79 Å². The Morgan fingerprint density at radius 1 is 0.481 bits per heavy atom. The summed E-state index contributed by atoms with van der Waals surface area (Å²) in [5, 5.41) is 0. The van der Waals surface area contributed by atoms with Crippen LogP contribution in [0.4, 0.5) is 4.79 Å². The number of carbonyl (C=O) groups excluding carboxylic acids is 1. The third-order valence-electron chi connectivity index (χ3n) is 10.3. The van der Waals surface area contributed by atoms with E-state index in [0.29, 0.717) is 84.8 Å². The molecule has 2 atom stereocenters. The van der Waals surface area contributed by atoms with Crippen LogP contribution in [-0.4, -0.2) is 85.8 Å². The Morgan fingerprint density at radius 3 is 1.15 bits per heavy atom. The maximum absolute atomic E-state index is 15.2. The third kappa shape index (κ3) is 6.91. The van der Waals surface area contributed by atoms with Crippen molar-refractivity contribution in [3.8, 4) is 46.0 Å². The molecule has 0 bridgehead atoms. The van der Waals surface area contributed by atoms with Crippen LogP contribution in [0, 0.1) is 0 Å². The van der Waals surface area contributed by atoms with Crippen molar-refractivity contribution in [2.24, 2.45) is 0 Å². The average Bonchev–Trinajstić information content (AvgIpc) is 3.19. The maximum atomic E-state index is 15.2. The van der Waals surface area contributed by atoms with E-state index in [1.807, 2.05) is 70.5 Å². The van der Waals surface area contributed by atoms with Crippen molar-refractivity contribution in [3.63, 3.8) is 0 Å². The number of hydrogen-bond donors (Lipinski definition) is 0. The van der Waals surface area contributed by atoms with E-state index in [1.165, 1.54) is 0 Å². The highest BCUT2D eigenvalue weighted by molar-refractivity contribution is 5.77. The Labute approximate surface area is 305 Å². The number of amides is 2. The van der Waals surface area contributed by atoms with E-state index in [9.17, 15) is 0 Å². The van der Waals surface area contributed by atoms with Crippen LogP contribution >= 0.6 is 0 Å². The quantitative estimate of drug-likeness (QED) is 0.156. The summed E-state index contributed by atoms with van der Waals surface area (Å²) in [6, 6.07) is 19.3. The number of urea groups is 1. The lowest BCUT2D eigenvalue weighted by atomic mass is 9.86. The monoisotopic (exact) mass is 712 g/mol. The Morgan fingerprint density at radius 2 is 0.808 bits per heavy atom. The second-order valence-corrected chi connectivity index (χ2v) is 12.8. The Hall–Kier alpha value is -5.45. The molecule has 2 amide bonds. The van der Waals surface area contributed by atoms with E-state index >= 15 is 4.79 Å². The number of benzene rings is 4. The predicted molar refractivity (Wildman–Crippen MR) is 197 cm³/mol. The predicted octanol–water partition coefficient (Wildman–Crippen LogP) is 6.86. The molecule has 6 rings (SSSR count). The van der Waals surface area contributed by atoms with Gasteiger partial charge in [-0.15, -0.1) is 0 Å². The molecule has 52 heavy (non-hydrogen) atoms. The van der Waals surface area contributed by atoms with Crippen molar-refractivity contribution in [3.05, 3.63) is 94.0 Å². The zero-order chi connectivity index (χ0) is 36.9. The number of nitrogens with zero attached hydrogens (tertiary/aromatic N) is 2. The van der Waals surface area contributed by atoms with Gasteiger partial charge in [-0.1, -0.05) is 12.1 Å². The molecule has 276 valence electrons. The van der Waals surface area contributed by atoms with Crippen LogP contribution in [0.3, 0.4) is 0 Å². The molecule has 0 aliphatic carbocycles. The van der Waals surface area contributed by atoms with Crippen molar-refractivity contribution >= 4 is 6.03 Å². The number of carbonyl (C=O) groups is 1. The zero-order valence-corrected chi connectivity index (χ0v) is 31.2. The first-order chi connectivity index (χ1) is 25.3. The van der Waals surface area contributed by atoms with Gasteiger partial charge in [0.15, 0.2) is 46.0 Å². The van der Waals surface area contributed by atoms with Gasteiger partial charge >= 0.3 is 6.03 Å². The smallest absolute Gasteiger partial charge is 0.321 e. The number of rotatable bonds is 12. The second kappa shape index (κ2) is 15.8. The van der Waals surface area contributed by atoms with Gasteiger partial charge in [-0.2, -0.15) is 0 Å². The second-order valence-electron chi connectivity index (χ2n) is 12.8. The number of hydrogen-bond acceptors (Lipinski definition) is 9. The molecule has 0 N–H and O–H groups in total. The zero-order valence-electron chi connectivity index (χ0n) is 31.2. The summed E-state index contributed by atoms with van der Waals surface area (Å²) in [7, 11) is 13.0. The summed E-state index contributed by atoms with van der Waals surface area (Å²) in [6.07, 6.45) is 2.42. The normalized spacial score (nSPS) is 16.3. The van der Waals surface area contributed by atoms with E-state index in [0.717, 1.165) is 33.4 Å². The fraction of sp³-hybridized carbons (Fsp3) is 0.390. The Bertz CT molecular complexity index is 1780. The van der Waals surface area contributed by atoms with Gasteiger partial charge in [0.2, 0.25) is 0 Å². The molecule has 0 radical (unpaired) electrons. The highest BCUT2D eigenvalue weighted by Crippen LogP contribution is 2.44. The molecule has 4 aromatic rings. The fourth-order valence-electron chi connectivity index (χ4n) is 7.58. The van der Waals surface area contributed by atoms with E-state index in [4.69, 9.17) is 37.9 Å². The molecule has 0 saturated heterocycles. The van der Waals surface area contributed by atoms with Crippen LogP contribution in [0.15, 0.2) is 60.7 Å². The number of ether oxygens (including phenoxy) is 8. The number of methoxy groups -OCH3 is 8. The summed E-state index contributed by atoms with van der Waals surface area (Å²) in [4.78, 5) is 19.3. The largest absolute Gasteiger partial charge is 0.493 e. The molecular formula is C41H48N2O9. The molecule has 2 unspecified atom stereocenters. The first kappa shape index (κ1) is 36.3. The molecule has 2 aliphatic heterocycles. The van der Waals surface area contributed by atoms with E-state index in [2.05, 4.69) is 0 Å². The van der Waals surface area contributed by atoms with Crippen LogP contribution in [0.5, 0.6) is 46.0 Å². The lowest BCUT2D eigenvalue weighted by molar-refractivity contribution is 0.107. The SMILES string of the molecule is COc1ccc(CC2c3cc(OC)c(OC)cc3CCN2C(=O)N2CCc3cc(OC)c(OC)cc3C2Cc2ccc(OC)c(OC)c2)cc1OC. The molecule has 0 spiro atoms. The van der Waals surface area contributed by atoms with Crippen molar-refractivity contribution in [2.75, 3.05) is 70.0 Å². The minimum absolute atomic E-state index is 0.0446. The van der Waals surface area contributed by atoms with Crippen LogP contribution in [-0.2, 0) is 25.7 Å². The van der Waals surface area contributed by atoms with Crippen molar-refractivity contribution in [2.45, 2.75) is 37.8 Å². The van der Waals surface area contributed by atoms with E-state index in [1.54, 1.807) is 56.9 Å². The van der Waals surface area contributed by atoms with E-state index in [-0.39, 0.29) is 18.1 Å². The minimum atomic E-state index is -0.303. The molecule has 11 nitrogen and oxygen atoms in total. The van der Waals surface area contributed by atoms with Crippen molar-refractivity contribution < 1.29 is 42.7 Å². The molecule has 2 heterocycles. The molecular weight excluding hydrogens is 664 g/mol. The van der Waals surface area contributed by atoms with E-state index < -0.39 is 0 Å². The average molecular weight is 713 g/mol. The minimum Gasteiger partial charge on any atom is -0.493 e. The fourth-order valence-corrected chi connectivity index (χ4v) is 7.58. The standard InChI is InChI=1S/C41H48N2O9/c1-45-33-11-9-25(19-35(33)47-3)17-31-29-23-39(51-7)37(49-5)21-27(29)13-15-42(31)41(44)43-16-14-28-22-38(50-6)40(52-8)24-30(28)32(43)18-26-10-12-34(46-2)36(20-26)48-4/h9-12,19-24,31-32H,13-18H2,1-8H3. The van der Waals surface area contributed by atoms with Gasteiger partial charge in [-0.05, 0) is 108 Å². The molecule has 2 aliphatic rings. The molecule has 0 fully saturated rings. The molecule has 0 aromatic heterocycles. The summed E-state index contributed by atoms with van der Waals surface area (Å²) in [5.74, 6) is 5.12. The van der Waals surface area contributed by atoms with Gasteiger partial charge in [0.1, 0.15) is 0 Å². The van der Waals surface area contributed by atoms with Gasteiger partial charge in [0, 0.05) is 13.1 Å². The highest BCUT2D eigenvalue weighted by atomic mass is 16.5. The van der Waals surface area contributed by atoms with Crippen LogP contribution in [0.1, 0.15) is 45.5 Å². The van der Waals surface area contributed by atoms with Crippen molar-refractivity contribution in [1.29, 1.82) is 0 Å². The summed E-state index contributed by atoms with van der Waals surface area (Å²) >= 11 is 0. The Balaban J connectivity index is 1.44. The molecule has 0 saturated carbocycles. The molecule has 4 aromatic carbocycles. The van der Waals surface area contributed by atoms with Crippen LogP contribution < -0.4 is 37.9 Å².